The molecule has 0 atom stereocenters. The summed E-state index contributed by atoms with van der Waals surface area (Å²) in [5, 5.41) is 1.01. The fourth-order valence-electron chi connectivity index (χ4n) is 2.98. The maximum Gasteiger partial charge on any atom is 0.254 e. The van der Waals surface area contributed by atoms with Crippen LogP contribution in [0.15, 0.2) is 30.5 Å². The van der Waals surface area contributed by atoms with E-state index in [1.807, 2.05) is 35.4 Å². The molecule has 1 aromatic carbocycles. The maximum atomic E-state index is 12.7. The quantitative estimate of drug-likeness (QED) is 0.933. The van der Waals surface area contributed by atoms with E-state index in [0.29, 0.717) is 5.92 Å². The number of aromatic nitrogens is 1. The summed E-state index contributed by atoms with van der Waals surface area (Å²) in [6.45, 7) is 2.46. The van der Waals surface area contributed by atoms with Gasteiger partial charge >= 0.3 is 0 Å². The minimum absolute atomic E-state index is 0.145. The average molecular weight is 272 g/mol. The van der Waals surface area contributed by atoms with E-state index in [0.717, 1.165) is 49.0 Å². The Kier molecular flexibility index (Phi) is 3.74. The van der Waals surface area contributed by atoms with E-state index in [9.17, 15) is 4.79 Å². The third-order valence-corrected chi connectivity index (χ3v) is 4.13. The van der Waals surface area contributed by atoms with Gasteiger partial charge in [0.05, 0.1) is 0 Å². The van der Waals surface area contributed by atoms with Crippen molar-refractivity contribution in [1.82, 2.24) is 9.88 Å². The first-order chi connectivity index (χ1) is 9.79. The number of carbonyl (C=O) groups excluding carboxylic acids is 1. The Morgan fingerprint density at radius 1 is 1.35 bits per heavy atom. The molecule has 1 aliphatic heterocycles. The van der Waals surface area contributed by atoms with Crippen LogP contribution in [0.1, 0.15) is 23.2 Å². The lowest BCUT2D eigenvalue weighted by Gasteiger charge is -2.31. The van der Waals surface area contributed by atoms with Gasteiger partial charge in [-0.2, -0.15) is 0 Å². The molecule has 0 unspecified atom stereocenters. The number of amides is 1. The summed E-state index contributed by atoms with van der Waals surface area (Å²) >= 11 is 0. The zero-order chi connectivity index (χ0) is 13.9. The first-order valence-corrected chi connectivity index (χ1v) is 7.14. The fourth-order valence-corrected chi connectivity index (χ4v) is 2.98. The zero-order valence-electron chi connectivity index (χ0n) is 11.8. The second kappa shape index (κ2) is 5.67. The Labute approximate surface area is 118 Å². The van der Waals surface area contributed by atoms with Crippen molar-refractivity contribution in [3.05, 3.63) is 36.0 Å². The number of benzene rings is 1. The lowest BCUT2D eigenvalue weighted by Crippen LogP contribution is -2.39. The van der Waals surface area contributed by atoms with Crippen LogP contribution < -0.4 is 0 Å². The molecule has 0 saturated carbocycles. The van der Waals surface area contributed by atoms with Crippen molar-refractivity contribution in [2.45, 2.75) is 12.8 Å². The topological polar surface area (TPSA) is 45.3 Å². The molecule has 1 fully saturated rings. The fraction of sp³-hybridized carbons (Fsp3) is 0.438. The van der Waals surface area contributed by atoms with Gasteiger partial charge in [-0.15, -0.1) is 0 Å². The number of hydrogen-bond acceptors (Lipinski definition) is 2. The number of nitrogens with one attached hydrogen (secondary N) is 1. The van der Waals surface area contributed by atoms with Crippen LogP contribution in [0.3, 0.4) is 0 Å². The Hall–Kier alpha value is -1.81. The standard InChI is InChI=1S/C16H20N2O2/c1-20-11-12-6-9-18(10-7-12)16(19)14-3-2-4-15-13(14)5-8-17-15/h2-5,8,12,17H,6-7,9-11H2,1H3. The van der Waals surface area contributed by atoms with E-state index in [1.165, 1.54) is 0 Å². The number of carbonyl (C=O) groups is 1. The molecule has 2 aromatic rings. The summed E-state index contributed by atoms with van der Waals surface area (Å²) in [5.74, 6) is 0.734. The Morgan fingerprint density at radius 3 is 2.90 bits per heavy atom. The van der Waals surface area contributed by atoms with Crippen molar-refractivity contribution in [2.24, 2.45) is 5.92 Å². The molecule has 3 rings (SSSR count). The van der Waals surface area contributed by atoms with Crippen LogP contribution >= 0.6 is 0 Å². The molecule has 4 heteroatoms. The van der Waals surface area contributed by atoms with E-state index in [2.05, 4.69) is 4.98 Å². The zero-order valence-corrected chi connectivity index (χ0v) is 11.8. The lowest BCUT2D eigenvalue weighted by molar-refractivity contribution is 0.0615. The van der Waals surface area contributed by atoms with Crippen molar-refractivity contribution in [2.75, 3.05) is 26.8 Å². The minimum Gasteiger partial charge on any atom is -0.384 e. The molecule has 0 spiro atoms. The van der Waals surface area contributed by atoms with Crippen LogP contribution in [0.4, 0.5) is 0 Å². The summed E-state index contributed by atoms with van der Waals surface area (Å²) in [6, 6.07) is 7.82. The third kappa shape index (κ3) is 2.43. The van der Waals surface area contributed by atoms with Gasteiger partial charge < -0.3 is 14.6 Å². The van der Waals surface area contributed by atoms with Gasteiger partial charge in [0.15, 0.2) is 0 Å². The second-order valence-corrected chi connectivity index (χ2v) is 5.44. The summed E-state index contributed by atoms with van der Waals surface area (Å²) in [7, 11) is 1.74. The number of ether oxygens (including phenoxy) is 1. The highest BCUT2D eigenvalue weighted by atomic mass is 16.5. The number of nitrogens with zero attached hydrogens (tertiary/aromatic N) is 1. The molecule has 0 bridgehead atoms. The molecular weight excluding hydrogens is 252 g/mol. The first-order valence-electron chi connectivity index (χ1n) is 7.14. The van der Waals surface area contributed by atoms with Crippen molar-refractivity contribution < 1.29 is 9.53 Å². The third-order valence-electron chi connectivity index (χ3n) is 4.13. The average Bonchev–Trinajstić information content (AvgIpc) is 2.96. The predicted octanol–water partition coefficient (Wildman–Crippen LogP) is 2.67. The van der Waals surface area contributed by atoms with Gasteiger partial charge in [-0.1, -0.05) is 6.07 Å². The molecule has 1 aliphatic rings. The minimum atomic E-state index is 0.145. The maximum absolute atomic E-state index is 12.7. The number of hydrogen-bond donors (Lipinski definition) is 1. The second-order valence-electron chi connectivity index (χ2n) is 5.44. The van der Waals surface area contributed by atoms with Crippen molar-refractivity contribution in [3.63, 3.8) is 0 Å². The van der Waals surface area contributed by atoms with Crippen molar-refractivity contribution in [1.29, 1.82) is 0 Å². The number of aromatic amines is 1. The van der Waals surface area contributed by atoms with Crippen LogP contribution in [-0.2, 0) is 4.74 Å². The Balaban J connectivity index is 1.75. The normalized spacial score (nSPS) is 16.8. The highest BCUT2D eigenvalue weighted by molar-refractivity contribution is 6.06. The molecule has 106 valence electrons. The molecule has 1 aromatic heterocycles. The largest absolute Gasteiger partial charge is 0.384 e. The molecule has 4 nitrogen and oxygen atoms in total. The van der Waals surface area contributed by atoms with E-state index in [4.69, 9.17) is 4.74 Å². The SMILES string of the molecule is COCC1CCN(C(=O)c2cccc3[nH]ccc23)CC1. The van der Waals surface area contributed by atoms with Gasteiger partial charge in [-0.05, 0) is 37.0 Å². The van der Waals surface area contributed by atoms with Gasteiger partial charge in [0, 0.05) is 49.5 Å². The smallest absolute Gasteiger partial charge is 0.254 e. The van der Waals surface area contributed by atoms with Gasteiger partial charge in [0.1, 0.15) is 0 Å². The molecule has 1 saturated heterocycles. The van der Waals surface area contributed by atoms with Crippen LogP contribution in [0, 0.1) is 5.92 Å². The van der Waals surface area contributed by atoms with E-state index in [1.54, 1.807) is 7.11 Å². The van der Waals surface area contributed by atoms with Gasteiger partial charge in [0.2, 0.25) is 0 Å². The van der Waals surface area contributed by atoms with Crippen LogP contribution in [0.2, 0.25) is 0 Å². The lowest BCUT2D eigenvalue weighted by atomic mass is 9.97. The number of methoxy groups -OCH3 is 1. The van der Waals surface area contributed by atoms with E-state index < -0.39 is 0 Å². The molecule has 0 radical (unpaired) electrons. The van der Waals surface area contributed by atoms with Crippen LogP contribution in [0.5, 0.6) is 0 Å². The number of H-pyrrole nitrogens is 1. The molecular formula is C16H20N2O2. The van der Waals surface area contributed by atoms with E-state index >= 15 is 0 Å². The van der Waals surface area contributed by atoms with Gasteiger partial charge in [-0.25, -0.2) is 0 Å². The summed E-state index contributed by atoms with van der Waals surface area (Å²) in [4.78, 5) is 17.8. The van der Waals surface area contributed by atoms with Crippen LogP contribution in [-0.4, -0.2) is 42.6 Å². The molecule has 1 amide bonds. The van der Waals surface area contributed by atoms with Gasteiger partial charge in [-0.3, -0.25) is 4.79 Å². The number of likely N-dealkylation sites (tertiary alicyclic amines) is 1. The number of fused-ring (bicyclic) bond motifs is 1. The van der Waals surface area contributed by atoms with Crippen molar-refractivity contribution >= 4 is 16.8 Å². The molecule has 0 aliphatic carbocycles. The summed E-state index contributed by atoms with van der Waals surface area (Å²) in [6.07, 6.45) is 3.94. The highest BCUT2D eigenvalue weighted by Gasteiger charge is 2.24. The van der Waals surface area contributed by atoms with Crippen molar-refractivity contribution in [3.8, 4) is 0 Å². The monoisotopic (exact) mass is 272 g/mol. The molecule has 2 heterocycles. The summed E-state index contributed by atoms with van der Waals surface area (Å²) < 4.78 is 5.20. The van der Waals surface area contributed by atoms with Gasteiger partial charge in [0.25, 0.3) is 5.91 Å². The Morgan fingerprint density at radius 2 is 2.15 bits per heavy atom. The Bertz CT molecular complexity index is 597. The van der Waals surface area contributed by atoms with Crippen LogP contribution in [0.25, 0.3) is 10.9 Å². The highest BCUT2D eigenvalue weighted by Crippen LogP contribution is 2.23. The molecule has 1 N–H and O–H groups in total. The summed E-state index contributed by atoms with van der Waals surface area (Å²) in [5.41, 5.74) is 1.82. The van der Waals surface area contributed by atoms with E-state index in [-0.39, 0.29) is 5.91 Å². The number of rotatable bonds is 3. The first kappa shape index (κ1) is 13.2. The molecule has 20 heavy (non-hydrogen) atoms. The number of piperidine rings is 1. The predicted molar refractivity (Wildman–Crippen MR) is 78.8 cm³/mol.